The Morgan fingerprint density at radius 1 is 0.969 bits per heavy atom. The second kappa shape index (κ2) is 9.75. The molecule has 3 aromatic rings. The standard InChI is InChI=1S/C22H23N5O4S/c28-22(17-31-19-4-2-1-3-5-19)25-18-6-8-20(9-7-18)32(29,30)27-14-12-26(13-15-27)21-16-23-10-11-24-21/h1-11,16H,12-15,17H2,(H,25,28). The van der Waals surface area contributed by atoms with Crippen LogP contribution in [-0.2, 0) is 14.8 Å². The van der Waals surface area contributed by atoms with Crippen molar-refractivity contribution in [2.45, 2.75) is 4.90 Å². The van der Waals surface area contributed by atoms with Gasteiger partial charge < -0.3 is 15.0 Å². The van der Waals surface area contributed by atoms with E-state index in [1.54, 1.807) is 42.9 Å². The smallest absolute Gasteiger partial charge is 0.262 e. The highest BCUT2D eigenvalue weighted by atomic mass is 32.2. The SMILES string of the molecule is O=C(COc1ccccc1)Nc1ccc(S(=O)(=O)N2CCN(c3cnccn3)CC2)cc1. The highest BCUT2D eigenvalue weighted by Gasteiger charge is 2.29. The maximum atomic E-state index is 13.0. The van der Waals surface area contributed by atoms with Crippen molar-refractivity contribution >= 4 is 27.4 Å². The van der Waals surface area contributed by atoms with Gasteiger partial charge in [0.2, 0.25) is 10.0 Å². The molecule has 4 rings (SSSR count). The Hall–Kier alpha value is -3.50. The molecule has 0 atom stereocenters. The maximum Gasteiger partial charge on any atom is 0.262 e. The van der Waals surface area contributed by atoms with Crippen molar-refractivity contribution in [3.63, 3.8) is 0 Å². The third-order valence-corrected chi connectivity index (χ3v) is 6.91. The van der Waals surface area contributed by atoms with Gasteiger partial charge in [0.25, 0.3) is 5.91 Å². The molecular weight excluding hydrogens is 430 g/mol. The Morgan fingerprint density at radius 2 is 1.69 bits per heavy atom. The minimum Gasteiger partial charge on any atom is -0.484 e. The van der Waals surface area contributed by atoms with Gasteiger partial charge in [-0.1, -0.05) is 18.2 Å². The fourth-order valence-electron chi connectivity index (χ4n) is 3.33. The number of nitrogens with zero attached hydrogens (tertiary/aromatic N) is 4. The fourth-order valence-corrected chi connectivity index (χ4v) is 4.76. The molecule has 1 aliphatic heterocycles. The summed E-state index contributed by atoms with van der Waals surface area (Å²) in [7, 11) is -3.63. The highest BCUT2D eigenvalue weighted by Crippen LogP contribution is 2.21. The summed E-state index contributed by atoms with van der Waals surface area (Å²) >= 11 is 0. The van der Waals surface area contributed by atoms with Gasteiger partial charge in [-0.05, 0) is 36.4 Å². The molecule has 0 bridgehead atoms. The van der Waals surface area contributed by atoms with Crippen LogP contribution in [-0.4, -0.2) is 61.4 Å². The summed E-state index contributed by atoms with van der Waals surface area (Å²) in [6, 6.07) is 15.2. The van der Waals surface area contributed by atoms with Crippen LogP contribution in [0, 0.1) is 0 Å². The normalized spacial score (nSPS) is 14.7. The summed E-state index contributed by atoms with van der Waals surface area (Å²) < 4.78 is 32.9. The number of carbonyl (C=O) groups excluding carboxylic acids is 1. The predicted molar refractivity (Wildman–Crippen MR) is 120 cm³/mol. The third kappa shape index (κ3) is 5.21. The number of aromatic nitrogens is 2. The molecule has 1 fully saturated rings. The zero-order valence-corrected chi connectivity index (χ0v) is 18.1. The monoisotopic (exact) mass is 453 g/mol. The number of hydrogen-bond acceptors (Lipinski definition) is 7. The Balaban J connectivity index is 1.32. The second-order valence-electron chi connectivity index (χ2n) is 7.13. The van der Waals surface area contributed by atoms with Gasteiger partial charge in [-0.2, -0.15) is 4.31 Å². The lowest BCUT2D eigenvalue weighted by Gasteiger charge is -2.34. The first-order valence-electron chi connectivity index (χ1n) is 10.1. The molecule has 0 spiro atoms. The molecule has 1 saturated heterocycles. The molecule has 166 valence electrons. The van der Waals surface area contributed by atoms with Crippen molar-refractivity contribution in [3.05, 3.63) is 73.2 Å². The molecule has 0 radical (unpaired) electrons. The van der Waals surface area contributed by atoms with Gasteiger partial charge in [0, 0.05) is 44.3 Å². The highest BCUT2D eigenvalue weighted by molar-refractivity contribution is 7.89. The molecule has 1 N–H and O–H groups in total. The van der Waals surface area contributed by atoms with Crippen LogP contribution in [0.1, 0.15) is 0 Å². The molecule has 2 aromatic carbocycles. The number of sulfonamides is 1. The summed E-state index contributed by atoms with van der Waals surface area (Å²) in [5.74, 6) is 1.01. The molecule has 1 aromatic heterocycles. The van der Waals surface area contributed by atoms with E-state index in [4.69, 9.17) is 4.74 Å². The predicted octanol–water partition coefficient (Wildman–Crippen LogP) is 2.00. The Bertz CT molecular complexity index is 1130. The first-order chi connectivity index (χ1) is 15.5. The zero-order chi connectivity index (χ0) is 22.4. The van der Waals surface area contributed by atoms with E-state index in [0.29, 0.717) is 37.6 Å². The number of benzene rings is 2. The van der Waals surface area contributed by atoms with Crippen LogP contribution in [0.4, 0.5) is 11.5 Å². The van der Waals surface area contributed by atoms with Crippen LogP contribution >= 0.6 is 0 Å². The molecular formula is C22H23N5O4S. The van der Waals surface area contributed by atoms with Gasteiger partial charge in [0.1, 0.15) is 11.6 Å². The van der Waals surface area contributed by atoms with Crippen molar-refractivity contribution in [3.8, 4) is 5.75 Å². The number of nitrogens with one attached hydrogen (secondary N) is 1. The summed E-state index contributed by atoms with van der Waals surface area (Å²) in [5, 5.41) is 2.70. The average Bonchev–Trinajstić information content (AvgIpc) is 2.84. The Labute approximate surface area is 186 Å². The van der Waals surface area contributed by atoms with E-state index in [1.807, 2.05) is 23.1 Å². The van der Waals surface area contributed by atoms with Crippen LogP contribution in [0.15, 0.2) is 78.1 Å². The molecule has 2 heterocycles. The lowest BCUT2D eigenvalue weighted by molar-refractivity contribution is -0.118. The minimum atomic E-state index is -3.63. The summed E-state index contributed by atoms with van der Waals surface area (Å²) in [5.41, 5.74) is 0.498. The first-order valence-corrected chi connectivity index (χ1v) is 11.6. The van der Waals surface area contributed by atoms with Crippen molar-refractivity contribution in [2.75, 3.05) is 43.0 Å². The van der Waals surface area contributed by atoms with Gasteiger partial charge in [-0.3, -0.25) is 9.78 Å². The van der Waals surface area contributed by atoms with Gasteiger partial charge in [-0.25, -0.2) is 13.4 Å². The van der Waals surface area contributed by atoms with Crippen LogP contribution < -0.4 is 15.0 Å². The van der Waals surface area contributed by atoms with Gasteiger partial charge in [0.05, 0.1) is 11.1 Å². The maximum absolute atomic E-state index is 13.0. The van der Waals surface area contributed by atoms with Crippen LogP contribution in [0.25, 0.3) is 0 Å². The van der Waals surface area contributed by atoms with E-state index in [9.17, 15) is 13.2 Å². The van der Waals surface area contributed by atoms with E-state index >= 15 is 0 Å². The first kappa shape index (κ1) is 21.7. The molecule has 1 amide bonds. The van der Waals surface area contributed by atoms with E-state index in [0.717, 1.165) is 5.82 Å². The van der Waals surface area contributed by atoms with Crippen molar-refractivity contribution in [2.24, 2.45) is 0 Å². The molecule has 10 heteroatoms. The van der Waals surface area contributed by atoms with Crippen molar-refractivity contribution < 1.29 is 17.9 Å². The number of amides is 1. The number of ether oxygens (including phenoxy) is 1. The summed E-state index contributed by atoms with van der Waals surface area (Å²) in [4.78, 5) is 22.6. The number of piperazine rings is 1. The number of rotatable bonds is 7. The van der Waals surface area contributed by atoms with Gasteiger partial charge in [0.15, 0.2) is 6.61 Å². The third-order valence-electron chi connectivity index (χ3n) is 5.00. The number of carbonyl (C=O) groups is 1. The summed E-state index contributed by atoms with van der Waals surface area (Å²) in [6.45, 7) is 1.64. The number of hydrogen-bond donors (Lipinski definition) is 1. The van der Waals surface area contributed by atoms with Gasteiger partial charge in [-0.15, -0.1) is 0 Å². The van der Waals surface area contributed by atoms with E-state index in [2.05, 4.69) is 15.3 Å². The largest absolute Gasteiger partial charge is 0.484 e. The lowest BCUT2D eigenvalue weighted by atomic mass is 10.3. The Morgan fingerprint density at radius 3 is 2.34 bits per heavy atom. The molecule has 0 unspecified atom stereocenters. The van der Waals surface area contributed by atoms with E-state index < -0.39 is 10.0 Å². The minimum absolute atomic E-state index is 0.139. The molecule has 9 nitrogen and oxygen atoms in total. The van der Waals surface area contributed by atoms with E-state index in [-0.39, 0.29) is 17.4 Å². The van der Waals surface area contributed by atoms with Crippen molar-refractivity contribution in [1.29, 1.82) is 0 Å². The Kier molecular flexibility index (Phi) is 6.62. The van der Waals surface area contributed by atoms with Crippen LogP contribution in [0.5, 0.6) is 5.75 Å². The number of anilines is 2. The van der Waals surface area contributed by atoms with Crippen LogP contribution in [0.2, 0.25) is 0 Å². The lowest BCUT2D eigenvalue weighted by Crippen LogP contribution is -2.48. The van der Waals surface area contributed by atoms with Gasteiger partial charge >= 0.3 is 0 Å². The quantitative estimate of drug-likeness (QED) is 0.583. The number of para-hydroxylation sites is 1. The molecule has 0 saturated carbocycles. The fraction of sp³-hybridized carbons (Fsp3) is 0.227. The second-order valence-corrected chi connectivity index (χ2v) is 9.07. The molecule has 32 heavy (non-hydrogen) atoms. The topological polar surface area (TPSA) is 105 Å². The van der Waals surface area contributed by atoms with E-state index in [1.165, 1.54) is 16.4 Å². The average molecular weight is 454 g/mol. The molecule has 1 aliphatic rings. The van der Waals surface area contributed by atoms with Crippen LogP contribution in [0.3, 0.4) is 0 Å². The zero-order valence-electron chi connectivity index (χ0n) is 17.3. The summed E-state index contributed by atoms with van der Waals surface area (Å²) in [6.07, 6.45) is 4.89. The molecule has 0 aliphatic carbocycles. The van der Waals surface area contributed by atoms with Crippen molar-refractivity contribution in [1.82, 2.24) is 14.3 Å².